The van der Waals surface area contributed by atoms with Crippen molar-refractivity contribution in [2.75, 3.05) is 26.5 Å². The first-order valence-electron chi connectivity index (χ1n) is 11.8. The maximum Gasteiger partial charge on any atom is 0.293 e. The Morgan fingerprint density at radius 3 is 1.79 bits per heavy atom. The average Bonchev–Trinajstić information content (AvgIpc) is 2.86. The maximum atomic E-state index is 12.7. The summed E-state index contributed by atoms with van der Waals surface area (Å²) in [5, 5.41) is 0. The molecule has 34 heavy (non-hydrogen) atoms. The third-order valence-electron chi connectivity index (χ3n) is 4.64. The number of hydrogen-bond donors (Lipinski definition) is 0. The SMILES string of the molecule is CC.CC(C)(c1ccc(OCCCOCl)cc1)c1ccc(OCC(CF)OC=O)cc1.CCC. The van der Waals surface area contributed by atoms with Gasteiger partial charge in [-0.1, -0.05) is 72.2 Å². The summed E-state index contributed by atoms with van der Waals surface area (Å²) in [6.45, 7) is 12.9. The zero-order valence-electron chi connectivity index (χ0n) is 21.3. The topological polar surface area (TPSA) is 54.0 Å². The van der Waals surface area contributed by atoms with Crippen LogP contribution >= 0.6 is 11.9 Å². The van der Waals surface area contributed by atoms with Crippen molar-refractivity contribution in [3.8, 4) is 11.5 Å². The Bertz CT molecular complexity index is 751. The predicted octanol–water partition coefficient (Wildman–Crippen LogP) is 7.28. The van der Waals surface area contributed by atoms with Crippen molar-refractivity contribution in [2.24, 2.45) is 0 Å². The second-order valence-corrected chi connectivity index (χ2v) is 7.93. The van der Waals surface area contributed by atoms with Crippen LogP contribution in [0, 0.1) is 0 Å². The van der Waals surface area contributed by atoms with Gasteiger partial charge in [0, 0.05) is 11.8 Å². The predicted molar refractivity (Wildman–Crippen MR) is 137 cm³/mol. The van der Waals surface area contributed by atoms with E-state index in [1.165, 1.54) is 6.42 Å². The average molecular weight is 499 g/mol. The van der Waals surface area contributed by atoms with E-state index < -0.39 is 12.8 Å². The molecule has 2 aromatic carbocycles. The van der Waals surface area contributed by atoms with Gasteiger partial charge in [-0.3, -0.25) is 9.08 Å². The summed E-state index contributed by atoms with van der Waals surface area (Å²) in [6.07, 6.45) is 1.07. The molecule has 0 aliphatic heterocycles. The van der Waals surface area contributed by atoms with Gasteiger partial charge in [0.15, 0.2) is 6.10 Å². The summed E-state index contributed by atoms with van der Waals surface area (Å²) < 4.78 is 32.9. The van der Waals surface area contributed by atoms with E-state index in [1.54, 1.807) is 0 Å². The Morgan fingerprint density at radius 2 is 1.38 bits per heavy atom. The fourth-order valence-corrected chi connectivity index (χ4v) is 2.90. The van der Waals surface area contributed by atoms with Crippen LogP contribution in [0.4, 0.5) is 4.39 Å². The first-order valence-corrected chi connectivity index (χ1v) is 12.1. The van der Waals surface area contributed by atoms with Crippen LogP contribution in [0.2, 0.25) is 0 Å². The molecule has 2 rings (SSSR count). The number of benzene rings is 2. The van der Waals surface area contributed by atoms with Crippen LogP contribution < -0.4 is 9.47 Å². The van der Waals surface area contributed by atoms with Gasteiger partial charge >= 0.3 is 0 Å². The van der Waals surface area contributed by atoms with Crippen LogP contribution in [0.1, 0.15) is 65.5 Å². The molecule has 0 fully saturated rings. The number of hydrogen-bond acceptors (Lipinski definition) is 5. The zero-order valence-corrected chi connectivity index (χ0v) is 22.1. The van der Waals surface area contributed by atoms with Gasteiger partial charge in [-0.05, 0) is 35.4 Å². The molecule has 0 bridgehead atoms. The van der Waals surface area contributed by atoms with Gasteiger partial charge in [-0.2, -0.15) is 0 Å². The summed E-state index contributed by atoms with van der Waals surface area (Å²) >= 11 is 5.18. The minimum absolute atomic E-state index is 0.0313. The van der Waals surface area contributed by atoms with Gasteiger partial charge < -0.3 is 14.2 Å². The molecule has 192 valence electrons. The highest BCUT2D eigenvalue weighted by Crippen LogP contribution is 2.33. The van der Waals surface area contributed by atoms with Crippen LogP contribution in [-0.4, -0.2) is 39.1 Å². The molecule has 0 aliphatic rings. The molecule has 0 aromatic heterocycles. The van der Waals surface area contributed by atoms with E-state index in [-0.39, 0.29) is 18.5 Å². The van der Waals surface area contributed by atoms with Gasteiger partial charge in [0.1, 0.15) is 24.8 Å². The number of carbonyl (C=O) groups excluding carboxylic acids is 1. The van der Waals surface area contributed by atoms with E-state index in [9.17, 15) is 9.18 Å². The molecule has 1 unspecified atom stereocenters. The van der Waals surface area contributed by atoms with Crippen LogP contribution in [0.15, 0.2) is 48.5 Å². The third kappa shape index (κ3) is 11.7. The Hall–Kier alpha value is -2.31. The number of alkyl halides is 1. The van der Waals surface area contributed by atoms with E-state index in [4.69, 9.17) is 21.3 Å². The van der Waals surface area contributed by atoms with Crippen LogP contribution in [0.3, 0.4) is 0 Å². The highest BCUT2D eigenvalue weighted by molar-refractivity contribution is 6.07. The lowest BCUT2D eigenvalue weighted by Crippen LogP contribution is -2.23. The summed E-state index contributed by atoms with van der Waals surface area (Å²) in [6, 6.07) is 15.6. The summed E-state index contributed by atoms with van der Waals surface area (Å²) in [4.78, 5) is 10.3. The second kappa shape index (κ2) is 19.0. The molecule has 0 aliphatic carbocycles. The van der Waals surface area contributed by atoms with Gasteiger partial charge in [-0.25, -0.2) is 4.39 Å². The summed E-state index contributed by atoms with van der Waals surface area (Å²) in [7, 11) is 0. The Morgan fingerprint density at radius 1 is 0.912 bits per heavy atom. The van der Waals surface area contributed by atoms with Crippen molar-refractivity contribution < 1.29 is 27.7 Å². The molecule has 0 heterocycles. The normalized spacial score (nSPS) is 11.2. The number of ether oxygens (including phenoxy) is 3. The Balaban J connectivity index is 0.00000201. The quantitative estimate of drug-likeness (QED) is 0.214. The van der Waals surface area contributed by atoms with Gasteiger partial charge in [0.05, 0.1) is 25.1 Å². The highest BCUT2D eigenvalue weighted by atomic mass is 35.5. The van der Waals surface area contributed by atoms with E-state index in [1.807, 2.05) is 62.4 Å². The summed E-state index contributed by atoms with van der Waals surface area (Å²) in [5.41, 5.74) is 2.01. The number of carbonyl (C=O) groups is 1. The van der Waals surface area contributed by atoms with Crippen molar-refractivity contribution in [2.45, 2.75) is 65.9 Å². The molecule has 7 heteroatoms. The fourth-order valence-electron chi connectivity index (χ4n) is 2.79. The van der Waals surface area contributed by atoms with Gasteiger partial charge in [0.2, 0.25) is 0 Å². The molecule has 0 amide bonds. The largest absolute Gasteiger partial charge is 0.494 e. The first kappa shape index (κ1) is 31.7. The van der Waals surface area contributed by atoms with Crippen molar-refractivity contribution in [1.82, 2.24) is 0 Å². The summed E-state index contributed by atoms with van der Waals surface area (Å²) in [5.74, 6) is 1.38. The fraction of sp³-hybridized carbons (Fsp3) is 0.519. The van der Waals surface area contributed by atoms with E-state index in [0.29, 0.717) is 19.0 Å². The van der Waals surface area contributed by atoms with Crippen LogP contribution in [0.25, 0.3) is 0 Å². The monoisotopic (exact) mass is 498 g/mol. The van der Waals surface area contributed by atoms with Gasteiger partial charge in [0.25, 0.3) is 6.47 Å². The molecular weight excluding hydrogens is 459 g/mol. The van der Waals surface area contributed by atoms with E-state index in [2.05, 4.69) is 36.7 Å². The number of halogens is 2. The van der Waals surface area contributed by atoms with Crippen LogP contribution in [0.5, 0.6) is 11.5 Å². The Labute approximate surface area is 209 Å². The first-order chi connectivity index (χ1) is 16.4. The van der Waals surface area contributed by atoms with Crippen LogP contribution in [-0.2, 0) is 19.2 Å². The van der Waals surface area contributed by atoms with Gasteiger partial charge in [-0.15, -0.1) is 0 Å². The lowest BCUT2D eigenvalue weighted by molar-refractivity contribution is -0.135. The molecular formula is C27H40ClFO5. The molecule has 0 saturated heterocycles. The maximum absolute atomic E-state index is 12.7. The third-order valence-corrected chi connectivity index (χ3v) is 4.80. The molecule has 5 nitrogen and oxygen atoms in total. The lowest BCUT2D eigenvalue weighted by Gasteiger charge is -2.26. The highest BCUT2D eigenvalue weighted by Gasteiger charge is 2.23. The zero-order chi connectivity index (χ0) is 25.8. The minimum Gasteiger partial charge on any atom is -0.494 e. The smallest absolute Gasteiger partial charge is 0.293 e. The Kier molecular flexibility index (Phi) is 17.8. The van der Waals surface area contributed by atoms with E-state index in [0.717, 1.165) is 23.3 Å². The molecule has 1 atom stereocenters. The second-order valence-electron chi connectivity index (χ2n) is 7.72. The molecule has 0 radical (unpaired) electrons. The molecule has 0 spiro atoms. The molecule has 0 N–H and O–H groups in total. The van der Waals surface area contributed by atoms with Crippen molar-refractivity contribution in [3.05, 3.63) is 59.7 Å². The van der Waals surface area contributed by atoms with E-state index >= 15 is 0 Å². The standard InChI is InChI=1S/C22H26ClFO5.C3H8.C2H6/c1-22(2,17-4-8-19(9-5-17)26-12-3-13-29-23)18-6-10-20(11-7-18)27-15-21(14-24)28-16-25;1-3-2;1-2/h4-11,16,21H,3,12-15H2,1-2H3;3H2,1-2H3;1-2H3. The lowest BCUT2D eigenvalue weighted by atomic mass is 9.78. The molecule has 2 aromatic rings. The number of rotatable bonds is 13. The van der Waals surface area contributed by atoms with Crippen molar-refractivity contribution in [3.63, 3.8) is 0 Å². The van der Waals surface area contributed by atoms with Crippen molar-refractivity contribution in [1.29, 1.82) is 0 Å². The molecule has 0 saturated carbocycles. The van der Waals surface area contributed by atoms with Crippen molar-refractivity contribution >= 4 is 18.3 Å². The minimum atomic E-state index is -0.896.